The largest absolute Gasteiger partial charge is 0.335 e. The molecule has 1 fully saturated rings. The lowest BCUT2D eigenvalue weighted by molar-refractivity contribution is -0.133. The van der Waals surface area contributed by atoms with E-state index in [1.54, 1.807) is 18.2 Å². The van der Waals surface area contributed by atoms with Crippen molar-refractivity contribution >= 4 is 46.7 Å². The zero-order valence-corrected chi connectivity index (χ0v) is 18.1. The van der Waals surface area contributed by atoms with Crippen molar-refractivity contribution in [3.63, 3.8) is 0 Å². The number of benzene rings is 1. The molecule has 1 aromatic rings. The molecule has 1 aromatic carbocycles. The number of hydrogen-bond donors (Lipinski definition) is 3. The molecule has 1 aliphatic carbocycles. The van der Waals surface area contributed by atoms with Crippen LogP contribution in [0.4, 0.5) is 10.5 Å². The van der Waals surface area contributed by atoms with Crippen molar-refractivity contribution in [3.8, 4) is 0 Å². The molecule has 0 unspecified atom stereocenters. The summed E-state index contributed by atoms with van der Waals surface area (Å²) in [4.78, 5) is 38.3. The Bertz CT molecular complexity index is 724. The third-order valence-corrected chi connectivity index (χ3v) is 5.29. The van der Waals surface area contributed by atoms with Crippen molar-refractivity contribution < 1.29 is 14.4 Å². The fourth-order valence-corrected chi connectivity index (χ4v) is 3.61. The molecule has 0 atom stereocenters. The smallest absolute Gasteiger partial charge is 0.315 e. The minimum atomic E-state index is -0.386. The molecule has 29 heavy (non-hydrogen) atoms. The Morgan fingerprint density at radius 3 is 2.55 bits per heavy atom. The van der Waals surface area contributed by atoms with Crippen LogP contribution in [0.2, 0.25) is 10.0 Å². The van der Waals surface area contributed by atoms with Gasteiger partial charge < -0.3 is 20.9 Å². The van der Waals surface area contributed by atoms with Crippen molar-refractivity contribution in [2.24, 2.45) is 0 Å². The maximum Gasteiger partial charge on any atom is 0.315 e. The molecule has 9 heteroatoms. The van der Waals surface area contributed by atoms with Gasteiger partial charge in [-0.25, -0.2) is 4.79 Å². The topological polar surface area (TPSA) is 90.5 Å². The van der Waals surface area contributed by atoms with Gasteiger partial charge in [0.25, 0.3) is 0 Å². The van der Waals surface area contributed by atoms with Gasteiger partial charge in [0, 0.05) is 17.6 Å². The summed E-state index contributed by atoms with van der Waals surface area (Å²) in [6, 6.07) is 4.57. The predicted octanol–water partition coefficient (Wildman–Crippen LogP) is 3.80. The minimum absolute atomic E-state index is 0.137. The van der Waals surface area contributed by atoms with Crippen molar-refractivity contribution in [1.29, 1.82) is 0 Å². The van der Waals surface area contributed by atoms with Gasteiger partial charge in [0.1, 0.15) is 0 Å². The van der Waals surface area contributed by atoms with Crippen molar-refractivity contribution in [1.82, 2.24) is 15.5 Å². The highest BCUT2D eigenvalue weighted by atomic mass is 35.5. The minimum Gasteiger partial charge on any atom is -0.335 e. The standard InChI is InChI=1S/C20H28Cl2N4O3/c1-2-10-26(13-18(27)25-17-11-14(21)8-9-16(17)22)19(28)12-23-20(29)24-15-6-4-3-5-7-15/h8-9,11,15H,2-7,10,12-13H2,1H3,(H,25,27)(H2,23,24,29). The number of carbonyl (C=O) groups excluding carboxylic acids is 3. The third-order valence-electron chi connectivity index (χ3n) is 4.72. The van der Waals surface area contributed by atoms with Gasteiger partial charge in [0.2, 0.25) is 11.8 Å². The Labute approximate surface area is 181 Å². The van der Waals surface area contributed by atoms with Crippen LogP contribution in [-0.4, -0.2) is 48.4 Å². The first-order valence-corrected chi connectivity index (χ1v) is 10.7. The summed E-state index contributed by atoms with van der Waals surface area (Å²) >= 11 is 12.0. The molecule has 0 spiro atoms. The van der Waals surface area contributed by atoms with E-state index in [9.17, 15) is 14.4 Å². The van der Waals surface area contributed by atoms with Crippen molar-refractivity contribution in [3.05, 3.63) is 28.2 Å². The first kappa shape index (κ1) is 23.3. The summed E-state index contributed by atoms with van der Waals surface area (Å²) in [5.74, 6) is -0.708. The van der Waals surface area contributed by atoms with Crippen molar-refractivity contribution in [2.75, 3.05) is 25.0 Å². The number of amides is 4. The lowest BCUT2D eigenvalue weighted by Gasteiger charge is -2.24. The molecule has 0 radical (unpaired) electrons. The van der Waals surface area contributed by atoms with E-state index in [1.807, 2.05) is 6.92 Å². The Morgan fingerprint density at radius 2 is 1.86 bits per heavy atom. The molecule has 1 aliphatic rings. The summed E-state index contributed by atoms with van der Waals surface area (Å²) in [5, 5.41) is 8.97. The molecule has 3 N–H and O–H groups in total. The van der Waals surface area contributed by atoms with Crippen LogP contribution in [0.25, 0.3) is 0 Å². The number of carbonyl (C=O) groups is 3. The van der Waals surface area contributed by atoms with E-state index in [0.717, 1.165) is 25.7 Å². The molecule has 4 amide bonds. The Hall–Kier alpha value is -1.99. The average molecular weight is 443 g/mol. The lowest BCUT2D eigenvalue weighted by atomic mass is 9.96. The second-order valence-corrected chi connectivity index (χ2v) is 7.99. The Morgan fingerprint density at radius 1 is 1.14 bits per heavy atom. The molecule has 0 aromatic heterocycles. The van der Waals surface area contributed by atoms with E-state index in [0.29, 0.717) is 28.7 Å². The molecule has 0 heterocycles. The van der Waals surface area contributed by atoms with Gasteiger partial charge in [-0.3, -0.25) is 9.59 Å². The molecule has 0 saturated heterocycles. The van der Waals surface area contributed by atoms with Gasteiger partial charge in [0.15, 0.2) is 0 Å². The van der Waals surface area contributed by atoms with Crippen LogP contribution in [0.3, 0.4) is 0 Å². The molecule has 160 valence electrons. The average Bonchev–Trinajstić information content (AvgIpc) is 2.69. The maximum absolute atomic E-state index is 12.5. The monoisotopic (exact) mass is 442 g/mol. The van der Waals surface area contributed by atoms with Crippen LogP contribution in [0.5, 0.6) is 0 Å². The van der Waals surface area contributed by atoms with Crippen LogP contribution in [0.15, 0.2) is 18.2 Å². The third kappa shape index (κ3) is 8.11. The highest BCUT2D eigenvalue weighted by molar-refractivity contribution is 6.35. The Kier molecular flexibility index (Phi) is 9.54. The van der Waals surface area contributed by atoms with Crippen LogP contribution >= 0.6 is 23.2 Å². The molecule has 2 rings (SSSR count). The lowest BCUT2D eigenvalue weighted by Crippen LogP contribution is -2.48. The van der Waals surface area contributed by atoms with E-state index in [1.165, 1.54) is 11.3 Å². The van der Waals surface area contributed by atoms with Gasteiger partial charge in [-0.2, -0.15) is 0 Å². The second-order valence-electron chi connectivity index (χ2n) is 7.15. The second kappa shape index (κ2) is 11.9. The molecule has 1 saturated carbocycles. The molecule has 0 aliphatic heterocycles. The van der Waals surface area contributed by atoms with Gasteiger partial charge in [-0.1, -0.05) is 49.4 Å². The number of nitrogens with one attached hydrogen (secondary N) is 3. The van der Waals surface area contributed by atoms with Crippen LogP contribution in [0.1, 0.15) is 45.4 Å². The highest BCUT2D eigenvalue weighted by Gasteiger charge is 2.19. The number of anilines is 1. The molecular formula is C20H28Cl2N4O3. The zero-order valence-electron chi connectivity index (χ0n) is 16.6. The van der Waals surface area contributed by atoms with E-state index in [4.69, 9.17) is 23.2 Å². The van der Waals surface area contributed by atoms with E-state index < -0.39 is 0 Å². The maximum atomic E-state index is 12.5. The first-order valence-electron chi connectivity index (χ1n) is 9.96. The van der Waals surface area contributed by atoms with Crippen molar-refractivity contribution in [2.45, 2.75) is 51.5 Å². The summed E-state index contributed by atoms with van der Waals surface area (Å²) in [7, 11) is 0. The fraction of sp³-hybridized carbons (Fsp3) is 0.550. The number of halogens is 2. The molecule has 7 nitrogen and oxygen atoms in total. The van der Waals surface area contributed by atoms with E-state index in [2.05, 4.69) is 16.0 Å². The summed E-state index contributed by atoms with van der Waals surface area (Å²) < 4.78 is 0. The summed E-state index contributed by atoms with van der Waals surface area (Å²) in [5.41, 5.74) is 0.387. The summed E-state index contributed by atoms with van der Waals surface area (Å²) in [6.07, 6.45) is 6.04. The van der Waals surface area contributed by atoms with Crippen LogP contribution in [0, 0.1) is 0 Å². The quantitative estimate of drug-likeness (QED) is 0.571. The number of hydrogen-bond acceptors (Lipinski definition) is 3. The molecule has 0 bridgehead atoms. The van der Waals surface area contributed by atoms with Gasteiger partial charge >= 0.3 is 6.03 Å². The number of nitrogens with zero attached hydrogens (tertiary/aromatic N) is 1. The highest BCUT2D eigenvalue weighted by Crippen LogP contribution is 2.25. The van der Waals surface area contributed by atoms with Crippen LogP contribution < -0.4 is 16.0 Å². The van der Waals surface area contributed by atoms with Gasteiger partial charge in [-0.15, -0.1) is 0 Å². The van der Waals surface area contributed by atoms with Crippen LogP contribution in [-0.2, 0) is 9.59 Å². The fourth-order valence-electron chi connectivity index (χ4n) is 3.27. The van der Waals surface area contributed by atoms with Gasteiger partial charge in [0.05, 0.1) is 23.8 Å². The number of urea groups is 1. The molecular weight excluding hydrogens is 415 g/mol. The number of rotatable bonds is 8. The zero-order chi connectivity index (χ0) is 21.2. The van der Waals surface area contributed by atoms with E-state index >= 15 is 0 Å². The summed E-state index contributed by atoms with van der Waals surface area (Å²) in [6.45, 7) is 2.02. The first-order chi connectivity index (χ1) is 13.9. The van der Waals surface area contributed by atoms with E-state index in [-0.39, 0.29) is 37.0 Å². The Balaban J connectivity index is 1.83. The SMILES string of the molecule is CCCN(CC(=O)Nc1cc(Cl)ccc1Cl)C(=O)CNC(=O)NC1CCCCC1. The predicted molar refractivity (Wildman–Crippen MR) is 115 cm³/mol. The van der Waals surface area contributed by atoms with Gasteiger partial charge in [-0.05, 0) is 37.5 Å². The normalized spacial score (nSPS) is 14.2.